The van der Waals surface area contributed by atoms with Crippen molar-refractivity contribution in [2.24, 2.45) is 5.92 Å². The largest absolute Gasteiger partial charge is 0.444 e. The molecule has 1 unspecified atom stereocenters. The van der Waals surface area contributed by atoms with Crippen LogP contribution >= 0.6 is 0 Å². The first-order chi connectivity index (χ1) is 16.0. The fraction of sp³-hybridized carbons (Fsp3) is 0.615. The van der Waals surface area contributed by atoms with Crippen LogP contribution < -0.4 is 10.6 Å². The van der Waals surface area contributed by atoms with E-state index in [1.54, 1.807) is 24.3 Å². The highest BCUT2D eigenvalue weighted by Gasteiger charge is 2.31. The van der Waals surface area contributed by atoms with E-state index in [9.17, 15) is 19.2 Å². The fourth-order valence-corrected chi connectivity index (χ4v) is 3.17. The third kappa shape index (κ3) is 10.8. The number of carbonyl (C=O) groups is 4. The molecule has 0 spiro atoms. The maximum atomic E-state index is 11.8. The Kier molecular flexibility index (Phi) is 10.7. The summed E-state index contributed by atoms with van der Waals surface area (Å²) in [6, 6.07) is 6.84. The van der Waals surface area contributed by atoms with Crippen LogP contribution in [0, 0.1) is 5.92 Å². The number of hydrogen-bond donors (Lipinski definition) is 2. The van der Waals surface area contributed by atoms with E-state index in [1.807, 2.05) is 55.4 Å². The lowest BCUT2D eigenvalue weighted by Gasteiger charge is -2.26. The van der Waals surface area contributed by atoms with Crippen molar-refractivity contribution in [1.82, 2.24) is 15.5 Å². The van der Waals surface area contributed by atoms with Gasteiger partial charge in [0.05, 0.1) is 11.1 Å². The van der Waals surface area contributed by atoms with Crippen molar-refractivity contribution >= 4 is 24.0 Å². The molecular weight excluding hydrogens is 450 g/mol. The van der Waals surface area contributed by atoms with Gasteiger partial charge in [-0.3, -0.25) is 14.5 Å². The summed E-state index contributed by atoms with van der Waals surface area (Å²) >= 11 is 0. The number of amides is 4. The monoisotopic (exact) mass is 491 g/mol. The van der Waals surface area contributed by atoms with E-state index < -0.39 is 23.4 Å². The summed E-state index contributed by atoms with van der Waals surface area (Å²) in [6.45, 7) is 15.6. The average Bonchev–Trinajstić information content (AvgIpc) is 2.92. The molecule has 0 bridgehead atoms. The quantitative estimate of drug-likeness (QED) is 0.438. The molecule has 1 aliphatic heterocycles. The Labute approximate surface area is 208 Å². The number of nitrogens with zero attached hydrogens (tertiary/aromatic N) is 1. The molecule has 196 valence electrons. The van der Waals surface area contributed by atoms with Gasteiger partial charge in [-0.15, -0.1) is 0 Å². The zero-order valence-electron chi connectivity index (χ0n) is 22.5. The molecule has 0 radical (unpaired) electrons. The topological polar surface area (TPSA) is 114 Å². The van der Waals surface area contributed by atoms with E-state index in [0.29, 0.717) is 17.7 Å². The molecule has 1 atom stereocenters. The molecule has 0 fully saturated rings. The number of ether oxygens (including phenoxy) is 2. The molecule has 9 heteroatoms. The van der Waals surface area contributed by atoms with Gasteiger partial charge in [-0.25, -0.2) is 9.59 Å². The van der Waals surface area contributed by atoms with E-state index in [1.165, 1.54) is 7.05 Å². The van der Waals surface area contributed by atoms with Crippen LogP contribution in [0.25, 0.3) is 0 Å². The first kappa shape index (κ1) is 29.9. The predicted molar refractivity (Wildman–Crippen MR) is 134 cm³/mol. The average molecular weight is 492 g/mol. The Morgan fingerprint density at radius 3 is 1.77 bits per heavy atom. The van der Waals surface area contributed by atoms with E-state index in [0.717, 1.165) is 17.7 Å². The second-order valence-corrected chi connectivity index (χ2v) is 10.8. The van der Waals surface area contributed by atoms with Gasteiger partial charge in [0.2, 0.25) is 0 Å². The minimum Gasteiger partial charge on any atom is -0.444 e. The molecular formula is C26H41N3O6. The number of imide groups is 1. The van der Waals surface area contributed by atoms with Crippen molar-refractivity contribution in [1.29, 1.82) is 0 Å². The third-order valence-electron chi connectivity index (χ3n) is 4.86. The molecule has 0 saturated heterocycles. The number of carbonyl (C=O) groups excluding carboxylic acids is 4. The standard InChI is InChI=1S/C17H34N2O4.C9H7NO2/c1-12(2)13(19-15(21)23-17(6,7)8)10-9-11-18-14(20)22-16(3,4)5;1-10-8(11)6-4-2-3-5-7(6)9(10)12/h12-13H,9-11H2,1-8H3,(H,18,20)(H,19,21);2-5H,1H3. The lowest BCUT2D eigenvalue weighted by Crippen LogP contribution is -2.42. The van der Waals surface area contributed by atoms with Crippen LogP contribution in [0.1, 0.15) is 88.9 Å². The van der Waals surface area contributed by atoms with Gasteiger partial charge >= 0.3 is 12.2 Å². The number of rotatable bonds is 6. The summed E-state index contributed by atoms with van der Waals surface area (Å²) in [5.41, 5.74) is 0.00202. The zero-order chi connectivity index (χ0) is 27.0. The summed E-state index contributed by atoms with van der Waals surface area (Å²) in [5.74, 6) is -0.143. The summed E-state index contributed by atoms with van der Waals surface area (Å²) in [5, 5.41) is 5.61. The molecule has 2 rings (SSSR count). The SMILES string of the molecule is CC(C)C(CCCNC(=O)OC(C)(C)C)NC(=O)OC(C)(C)C.CN1C(=O)c2ccccc2C1=O. The number of fused-ring (bicyclic) bond motifs is 1. The predicted octanol–water partition coefficient (Wildman–Crippen LogP) is 4.75. The van der Waals surface area contributed by atoms with Crippen LogP contribution in [0.15, 0.2) is 24.3 Å². The van der Waals surface area contributed by atoms with Gasteiger partial charge in [-0.2, -0.15) is 0 Å². The summed E-state index contributed by atoms with van der Waals surface area (Å²) in [7, 11) is 1.49. The van der Waals surface area contributed by atoms with Crippen LogP contribution in [0.2, 0.25) is 0 Å². The first-order valence-electron chi connectivity index (χ1n) is 11.9. The molecule has 0 aromatic heterocycles. The van der Waals surface area contributed by atoms with Crippen LogP contribution in [0.5, 0.6) is 0 Å². The van der Waals surface area contributed by atoms with Crippen LogP contribution in [-0.4, -0.2) is 59.7 Å². The molecule has 1 aromatic carbocycles. The van der Waals surface area contributed by atoms with Crippen molar-refractivity contribution in [2.75, 3.05) is 13.6 Å². The molecule has 35 heavy (non-hydrogen) atoms. The molecule has 0 aliphatic carbocycles. The summed E-state index contributed by atoms with van der Waals surface area (Å²) < 4.78 is 10.4. The van der Waals surface area contributed by atoms with Crippen LogP contribution in [0.3, 0.4) is 0 Å². The van der Waals surface area contributed by atoms with Gasteiger partial charge in [0.15, 0.2) is 0 Å². The van der Waals surface area contributed by atoms with E-state index in [2.05, 4.69) is 10.6 Å². The molecule has 2 N–H and O–H groups in total. The Bertz CT molecular complexity index is 864. The molecule has 4 amide bonds. The minimum absolute atomic E-state index is 0.00489. The van der Waals surface area contributed by atoms with Gasteiger partial charge in [0.1, 0.15) is 11.2 Å². The van der Waals surface area contributed by atoms with Crippen molar-refractivity contribution in [3.8, 4) is 0 Å². The van der Waals surface area contributed by atoms with Crippen molar-refractivity contribution in [2.45, 2.75) is 85.5 Å². The molecule has 1 aliphatic rings. The summed E-state index contributed by atoms with van der Waals surface area (Å²) in [4.78, 5) is 47.2. The highest BCUT2D eigenvalue weighted by molar-refractivity contribution is 6.21. The van der Waals surface area contributed by atoms with Gasteiger partial charge in [-0.05, 0) is 72.4 Å². The zero-order valence-corrected chi connectivity index (χ0v) is 22.5. The Hall–Kier alpha value is -3.10. The Balaban J connectivity index is 0.000000420. The molecule has 9 nitrogen and oxygen atoms in total. The highest BCUT2D eigenvalue weighted by atomic mass is 16.6. The van der Waals surface area contributed by atoms with E-state index in [4.69, 9.17) is 9.47 Å². The lowest BCUT2D eigenvalue weighted by molar-refractivity contribution is 0.0475. The molecule has 1 aromatic rings. The fourth-order valence-electron chi connectivity index (χ4n) is 3.17. The van der Waals surface area contributed by atoms with Gasteiger partial charge in [0, 0.05) is 19.6 Å². The van der Waals surface area contributed by atoms with Crippen molar-refractivity contribution < 1.29 is 28.7 Å². The number of benzene rings is 1. The lowest BCUT2D eigenvalue weighted by atomic mass is 9.99. The smallest absolute Gasteiger partial charge is 0.407 e. The maximum absolute atomic E-state index is 11.8. The third-order valence-corrected chi connectivity index (χ3v) is 4.86. The first-order valence-corrected chi connectivity index (χ1v) is 11.9. The number of alkyl carbamates (subject to hydrolysis) is 2. The van der Waals surface area contributed by atoms with Gasteiger partial charge in [-0.1, -0.05) is 26.0 Å². The van der Waals surface area contributed by atoms with Crippen molar-refractivity contribution in [3.05, 3.63) is 35.4 Å². The second kappa shape index (κ2) is 12.6. The van der Waals surface area contributed by atoms with E-state index >= 15 is 0 Å². The Morgan fingerprint density at radius 1 is 0.886 bits per heavy atom. The number of hydrogen-bond acceptors (Lipinski definition) is 6. The van der Waals surface area contributed by atoms with E-state index in [-0.39, 0.29) is 23.8 Å². The van der Waals surface area contributed by atoms with Gasteiger partial charge < -0.3 is 20.1 Å². The minimum atomic E-state index is -0.510. The maximum Gasteiger partial charge on any atom is 0.407 e. The molecule has 0 saturated carbocycles. The normalized spacial score (nSPS) is 14.1. The molecule has 1 heterocycles. The highest BCUT2D eigenvalue weighted by Crippen LogP contribution is 2.20. The summed E-state index contributed by atoms with van der Waals surface area (Å²) in [6.07, 6.45) is 0.680. The van der Waals surface area contributed by atoms with Gasteiger partial charge in [0.25, 0.3) is 11.8 Å². The van der Waals surface area contributed by atoms with Crippen molar-refractivity contribution in [3.63, 3.8) is 0 Å². The Morgan fingerprint density at radius 2 is 1.34 bits per heavy atom. The number of nitrogens with one attached hydrogen (secondary N) is 2. The van der Waals surface area contributed by atoms with Crippen LogP contribution in [0.4, 0.5) is 9.59 Å². The van der Waals surface area contributed by atoms with Crippen LogP contribution in [-0.2, 0) is 9.47 Å². The second-order valence-electron chi connectivity index (χ2n) is 10.8.